The summed E-state index contributed by atoms with van der Waals surface area (Å²) in [5, 5.41) is 16.2. The smallest absolute Gasteiger partial charge is 0.323 e. The van der Waals surface area contributed by atoms with Crippen molar-refractivity contribution in [2.24, 2.45) is 0 Å². The number of urea groups is 1. The molecule has 0 radical (unpaired) electrons. The van der Waals surface area contributed by atoms with Crippen LogP contribution < -0.4 is 10.6 Å². The van der Waals surface area contributed by atoms with Crippen LogP contribution in [0.5, 0.6) is 0 Å². The van der Waals surface area contributed by atoms with Gasteiger partial charge in [-0.05, 0) is 53.3 Å². The highest BCUT2D eigenvalue weighted by atomic mass is 16.6. The molecule has 2 amide bonds. The van der Waals surface area contributed by atoms with Gasteiger partial charge in [-0.15, -0.1) is 0 Å². The molecule has 3 aromatic rings. The van der Waals surface area contributed by atoms with Crippen LogP contribution in [0.2, 0.25) is 0 Å². The van der Waals surface area contributed by atoms with Crippen molar-refractivity contribution < 1.29 is 19.2 Å². The summed E-state index contributed by atoms with van der Waals surface area (Å²) in [5.41, 5.74) is 5.40. The molecule has 0 fully saturated rings. The number of nitro groups is 1. The van der Waals surface area contributed by atoms with E-state index in [1.807, 2.05) is 18.2 Å². The van der Waals surface area contributed by atoms with E-state index in [-0.39, 0.29) is 17.8 Å². The molecule has 0 bridgehead atoms. The number of rotatable bonds is 5. The van der Waals surface area contributed by atoms with Gasteiger partial charge in [-0.3, -0.25) is 14.9 Å². The normalized spacial score (nSPS) is 14.6. The molecule has 0 spiro atoms. The molecule has 168 valence electrons. The van der Waals surface area contributed by atoms with Crippen LogP contribution in [-0.2, 0) is 22.4 Å². The standard InChI is InChI=1S/C25H23N3O5/c1-16(29)33-24-12-9-19-13-18(5-6-20(19)14-24)17-7-10-21(11-8-17)26-25(30)27-22-3-2-4-23(15-22)28(31)32/h2-8,10-11,13,15,24H,9,12,14H2,1H3,(H2,26,27,30). The van der Waals surface area contributed by atoms with Crippen LogP contribution in [0.3, 0.4) is 0 Å². The van der Waals surface area contributed by atoms with Gasteiger partial charge in [0, 0.05) is 36.9 Å². The monoisotopic (exact) mass is 445 g/mol. The van der Waals surface area contributed by atoms with Gasteiger partial charge in [0.15, 0.2) is 0 Å². The average Bonchev–Trinajstić information content (AvgIpc) is 2.79. The zero-order valence-corrected chi connectivity index (χ0v) is 18.0. The molecule has 2 N–H and O–H groups in total. The highest BCUT2D eigenvalue weighted by Crippen LogP contribution is 2.29. The van der Waals surface area contributed by atoms with Crippen LogP contribution >= 0.6 is 0 Å². The third-order valence-electron chi connectivity index (χ3n) is 5.51. The zero-order valence-electron chi connectivity index (χ0n) is 18.0. The Morgan fingerprint density at radius 3 is 2.39 bits per heavy atom. The third-order valence-corrected chi connectivity index (χ3v) is 5.51. The number of esters is 1. The van der Waals surface area contributed by atoms with Crippen molar-refractivity contribution in [3.05, 3.63) is 88.0 Å². The summed E-state index contributed by atoms with van der Waals surface area (Å²) in [4.78, 5) is 33.8. The molecule has 3 aromatic carbocycles. The number of aryl methyl sites for hydroxylation is 1. The van der Waals surface area contributed by atoms with Crippen LogP contribution in [0.1, 0.15) is 24.5 Å². The predicted molar refractivity (Wildman–Crippen MR) is 125 cm³/mol. The molecule has 0 aromatic heterocycles. The second-order valence-electron chi connectivity index (χ2n) is 7.92. The Bertz CT molecular complexity index is 1210. The molecule has 1 atom stereocenters. The molecule has 0 aliphatic heterocycles. The van der Waals surface area contributed by atoms with Crippen molar-refractivity contribution in [3.8, 4) is 11.1 Å². The van der Waals surface area contributed by atoms with E-state index in [1.54, 1.807) is 18.2 Å². The number of benzene rings is 3. The molecular formula is C25H23N3O5. The number of hydrogen-bond acceptors (Lipinski definition) is 5. The number of ether oxygens (including phenoxy) is 1. The van der Waals surface area contributed by atoms with E-state index in [0.29, 0.717) is 11.4 Å². The lowest BCUT2D eigenvalue weighted by molar-refractivity contribution is -0.384. The van der Waals surface area contributed by atoms with Crippen LogP contribution in [0, 0.1) is 10.1 Å². The SMILES string of the molecule is CC(=O)OC1CCc2cc(-c3ccc(NC(=O)Nc4cccc([N+](=O)[O-])c4)cc3)ccc2C1. The summed E-state index contributed by atoms with van der Waals surface area (Å²) in [7, 11) is 0. The summed E-state index contributed by atoms with van der Waals surface area (Å²) < 4.78 is 5.35. The molecular weight excluding hydrogens is 422 g/mol. The van der Waals surface area contributed by atoms with Crippen molar-refractivity contribution in [2.45, 2.75) is 32.3 Å². The van der Waals surface area contributed by atoms with E-state index < -0.39 is 11.0 Å². The Morgan fingerprint density at radius 2 is 1.67 bits per heavy atom. The lowest BCUT2D eigenvalue weighted by Gasteiger charge is -2.24. The fraction of sp³-hybridized carbons (Fsp3) is 0.200. The first-order valence-corrected chi connectivity index (χ1v) is 10.6. The number of non-ortho nitro benzene ring substituents is 1. The van der Waals surface area contributed by atoms with Crippen LogP contribution in [0.25, 0.3) is 11.1 Å². The Hall–Kier alpha value is -4.20. The van der Waals surface area contributed by atoms with Crippen LogP contribution in [-0.4, -0.2) is 23.0 Å². The highest BCUT2D eigenvalue weighted by molar-refractivity contribution is 6.00. The number of nitrogens with zero attached hydrogens (tertiary/aromatic N) is 1. The quantitative estimate of drug-likeness (QED) is 0.313. The van der Waals surface area contributed by atoms with Crippen molar-refractivity contribution in [1.29, 1.82) is 0 Å². The van der Waals surface area contributed by atoms with Gasteiger partial charge >= 0.3 is 12.0 Å². The van der Waals surface area contributed by atoms with Gasteiger partial charge in [-0.1, -0.05) is 36.4 Å². The first-order chi connectivity index (χ1) is 15.9. The van der Waals surface area contributed by atoms with Gasteiger partial charge in [-0.2, -0.15) is 0 Å². The fourth-order valence-electron chi connectivity index (χ4n) is 3.97. The number of nitrogens with one attached hydrogen (secondary N) is 2. The minimum Gasteiger partial charge on any atom is -0.462 e. The molecule has 33 heavy (non-hydrogen) atoms. The first-order valence-electron chi connectivity index (χ1n) is 10.6. The predicted octanol–water partition coefficient (Wildman–Crippen LogP) is 5.33. The molecule has 8 nitrogen and oxygen atoms in total. The van der Waals surface area contributed by atoms with Crippen molar-refractivity contribution in [2.75, 3.05) is 10.6 Å². The maximum Gasteiger partial charge on any atom is 0.323 e. The Balaban J connectivity index is 1.39. The number of hydrogen-bond donors (Lipinski definition) is 2. The summed E-state index contributed by atoms with van der Waals surface area (Å²) in [6.45, 7) is 1.44. The van der Waals surface area contributed by atoms with Gasteiger partial charge in [0.2, 0.25) is 0 Å². The molecule has 4 rings (SSSR count). The fourth-order valence-corrected chi connectivity index (χ4v) is 3.97. The summed E-state index contributed by atoms with van der Waals surface area (Å²) in [6, 6.07) is 19.0. The molecule has 0 saturated heterocycles. The van der Waals surface area contributed by atoms with Crippen LogP contribution in [0.4, 0.5) is 21.9 Å². The van der Waals surface area contributed by atoms with Gasteiger partial charge in [-0.25, -0.2) is 4.79 Å². The van der Waals surface area contributed by atoms with E-state index in [9.17, 15) is 19.7 Å². The lowest BCUT2D eigenvalue weighted by Crippen LogP contribution is -2.24. The largest absolute Gasteiger partial charge is 0.462 e. The van der Waals surface area contributed by atoms with Gasteiger partial charge in [0.05, 0.1) is 4.92 Å². The van der Waals surface area contributed by atoms with Crippen molar-refractivity contribution >= 4 is 29.1 Å². The number of amides is 2. The first kappa shape index (κ1) is 22.0. The average molecular weight is 445 g/mol. The Kier molecular flexibility index (Phi) is 6.35. The number of nitro benzene ring substituents is 1. The lowest BCUT2D eigenvalue weighted by atomic mass is 9.87. The minimum atomic E-state index is -0.513. The minimum absolute atomic E-state index is 0.0561. The molecule has 0 saturated carbocycles. The molecule has 1 aliphatic carbocycles. The number of carbonyl (C=O) groups is 2. The molecule has 1 aliphatic rings. The Labute approximate surface area is 190 Å². The topological polar surface area (TPSA) is 111 Å². The molecule has 8 heteroatoms. The summed E-state index contributed by atoms with van der Waals surface area (Å²) in [5.74, 6) is -0.243. The highest BCUT2D eigenvalue weighted by Gasteiger charge is 2.21. The van der Waals surface area contributed by atoms with E-state index in [2.05, 4.69) is 22.8 Å². The summed E-state index contributed by atoms with van der Waals surface area (Å²) >= 11 is 0. The number of carbonyl (C=O) groups excluding carboxylic acids is 2. The second-order valence-corrected chi connectivity index (χ2v) is 7.92. The third kappa shape index (κ3) is 5.54. The Morgan fingerprint density at radius 1 is 0.939 bits per heavy atom. The number of fused-ring (bicyclic) bond motifs is 1. The summed E-state index contributed by atoms with van der Waals surface area (Å²) in [6.07, 6.45) is 2.36. The van der Waals surface area contributed by atoms with E-state index in [1.165, 1.54) is 36.2 Å². The number of anilines is 2. The zero-order chi connectivity index (χ0) is 23.4. The molecule has 1 unspecified atom stereocenters. The van der Waals surface area contributed by atoms with E-state index in [4.69, 9.17) is 4.74 Å². The van der Waals surface area contributed by atoms with Crippen molar-refractivity contribution in [3.63, 3.8) is 0 Å². The van der Waals surface area contributed by atoms with Crippen molar-refractivity contribution in [1.82, 2.24) is 0 Å². The molecule has 0 heterocycles. The van der Waals surface area contributed by atoms with Gasteiger partial charge in [0.1, 0.15) is 6.10 Å². The maximum atomic E-state index is 12.2. The van der Waals surface area contributed by atoms with E-state index >= 15 is 0 Å². The van der Waals surface area contributed by atoms with Gasteiger partial charge < -0.3 is 15.4 Å². The van der Waals surface area contributed by atoms with Crippen LogP contribution in [0.15, 0.2) is 66.7 Å². The van der Waals surface area contributed by atoms with Gasteiger partial charge in [0.25, 0.3) is 5.69 Å². The van der Waals surface area contributed by atoms with E-state index in [0.717, 1.165) is 30.4 Å². The maximum absolute atomic E-state index is 12.2. The second kappa shape index (κ2) is 9.52.